The zero-order chi connectivity index (χ0) is 16.6. The number of nitrogens with one attached hydrogen (secondary N) is 2. The van der Waals surface area contributed by atoms with Crippen LogP contribution in [0.15, 0.2) is 9.52 Å². The summed E-state index contributed by atoms with van der Waals surface area (Å²) in [6.07, 6.45) is 1.51. The lowest BCUT2D eigenvalue weighted by molar-refractivity contribution is -0.106. The van der Waals surface area contributed by atoms with Crippen LogP contribution in [0.1, 0.15) is 44.2 Å². The minimum absolute atomic E-state index is 0.139. The molecular weight excluding hydrogens is 292 g/mol. The highest BCUT2D eigenvalue weighted by Gasteiger charge is 2.59. The summed E-state index contributed by atoms with van der Waals surface area (Å²) < 4.78 is 11.1. The number of fused-ring (bicyclic) bond motifs is 1. The second kappa shape index (κ2) is 6.15. The molecule has 1 saturated carbocycles. The van der Waals surface area contributed by atoms with Gasteiger partial charge >= 0.3 is 0 Å². The number of guanidine groups is 1. The molecule has 1 aromatic rings. The van der Waals surface area contributed by atoms with E-state index in [1.54, 1.807) is 0 Å². The molecule has 1 aliphatic heterocycles. The molecule has 0 bridgehead atoms. The van der Waals surface area contributed by atoms with Crippen LogP contribution in [-0.4, -0.2) is 36.4 Å². The van der Waals surface area contributed by atoms with Gasteiger partial charge in [-0.3, -0.25) is 0 Å². The van der Waals surface area contributed by atoms with Gasteiger partial charge in [0.05, 0.1) is 18.3 Å². The first-order valence-electron chi connectivity index (χ1n) is 8.53. The first kappa shape index (κ1) is 16.3. The lowest BCUT2D eigenvalue weighted by Gasteiger charge is -2.54. The quantitative estimate of drug-likeness (QED) is 0.657. The third-order valence-corrected chi connectivity index (χ3v) is 5.31. The Morgan fingerprint density at radius 1 is 1.39 bits per heavy atom. The number of hydrogen-bond donors (Lipinski definition) is 2. The van der Waals surface area contributed by atoms with Gasteiger partial charge in [0, 0.05) is 36.1 Å². The minimum Gasteiger partial charge on any atom is -0.377 e. The Morgan fingerprint density at radius 2 is 2.17 bits per heavy atom. The van der Waals surface area contributed by atoms with Crippen LogP contribution in [0.2, 0.25) is 0 Å². The van der Waals surface area contributed by atoms with Crippen molar-refractivity contribution in [1.82, 2.24) is 15.8 Å². The molecular formula is C17H28N4O2. The van der Waals surface area contributed by atoms with E-state index in [1.807, 2.05) is 13.8 Å². The largest absolute Gasteiger partial charge is 0.377 e. The summed E-state index contributed by atoms with van der Waals surface area (Å²) in [7, 11) is 0. The fraction of sp³-hybridized carbons (Fsp3) is 0.765. The van der Waals surface area contributed by atoms with Crippen molar-refractivity contribution in [2.45, 2.75) is 59.7 Å². The Morgan fingerprint density at radius 3 is 2.83 bits per heavy atom. The van der Waals surface area contributed by atoms with E-state index in [9.17, 15) is 0 Å². The first-order chi connectivity index (χ1) is 10.9. The molecule has 2 aliphatic rings. The molecule has 3 rings (SSSR count). The highest BCUT2D eigenvalue weighted by Crippen LogP contribution is 2.52. The first-order valence-corrected chi connectivity index (χ1v) is 8.53. The number of rotatable bonds is 4. The molecule has 128 valence electrons. The van der Waals surface area contributed by atoms with Crippen molar-refractivity contribution >= 4 is 5.96 Å². The summed E-state index contributed by atoms with van der Waals surface area (Å²) in [5.74, 6) is 2.29. The number of aliphatic imine (C=N–C) groups is 1. The van der Waals surface area contributed by atoms with Gasteiger partial charge in [0.1, 0.15) is 5.76 Å². The van der Waals surface area contributed by atoms with Crippen LogP contribution in [-0.2, 0) is 11.3 Å². The summed E-state index contributed by atoms with van der Waals surface area (Å²) in [6.45, 7) is 12.8. The van der Waals surface area contributed by atoms with Crippen LogP contribution in [0.4, 0.5) is 0 Å². The number of nitrogens with zero attached hydrogens (tertiary/aromatic N) is 2. The van der Waals surface area contributed by atoms with E-state index in [-0.39, 0.29) is 5.41 Å². The molecule has 2 N–H and O–H groups in total. The maximum atomic E-state index is 5.87. The van der Waals surface area contributed by atoms with Crippen LogP contribution in [0.25, 0.3) is 0 Å². The third-order valence-electron chi connectivity index (χ3n) is 5.31. The van der Waals surface area contributed by atoms with Gasteiger partial charge in [-0.2, -0.15) is 0 Å². The van der Waals surface area contributed by atoms with Crippen LogP contribution < -0.4 is 10.6 Å². The van der Waals surface area contributed by atoms with Crippen molar-refractivity contribution in [2.75, 3.05) is 13.2 Å². The lowest BCUT2D eigenvalue weighted by Crippen LogP contribution is -2.67. The zero-order valence-electron chi connectivity index (χ0n) is 14.8. The van der Waals surface area contributed by atoms with Crippen LogP contribution in [0, 0.1) is 25.2 Å². The molecule has 0 radical (unpaired) electrons. The number of hydrogen-bond acceptors (Lipinski definition) is 4. The van der Waals surface area contributed by atoms with Gasteiger partial charge < -0.3 is 19.9 Å². The average molecular weight is 320 g/mol. The summed E-state index contributed by atoms with van der Waals surface area (Å²) in [4.78, 5) is 4.73. The lowest BCUT2D eigenvalue weighted by atomic mass is 9.57. The van der Waals surface area contributed by atoms with Crippen molar-refractivity contribution in [1.29, 1.82) is 0 Å². The monoisotopic (exact) mass is 320 g/mol. The van der Waals surface area contributed by atoms with Gasteiger partial charge in [-0.05, 0) is 27.2 Å². The average Bonchev–Trinajstić information content (AvgIpc) is 3.09. The van der Waals surface area contributed by atoms with Gasteiger partial charge in [-0.25, -0.2) is 4.99 Å². The maximum absolute atomic E-state index is 5.87. The maximum Gasteiger partial charge on any atom is 0.191 e. The molecule has 6 heteroatoms. The molecule has 3 unspecified atom stereocenters. The second-order valence-electron chi connectivity index (χ2n) is 7.19. The summed E-state index contributed by atoms with van der Waals surface area (Å²) >= 11 is 0. The SMILES string of the molecule is CCNC(=NCc1c(C)noc1C)NC1C2CCOC2C1(C)C. The van der Waals surface area contributed by atoms with E-state index in [1.165, 1.54) is 0 Å². The molecule has 3 atom stereocenters. The predicted molar refractivity (Wildman–Crippen MR) is 89.3 cm³/mol. The van der Waals surface area contributed by atoms with Gasteiger partial charge in [-0.15, -0.1) is 0 Å². The third kappa shape index (κ3) is 2.84. The van der Waals surface area contributed by atoms with E-state index in [0.717, 1.165) is 42.5 Å². The van der Waals surface area contributed by atoms with Crippen molar-refractivity contribution in [3.63, 3.8) is 0 Å². The summed E-state index contributed by atoms with van der Waals surface area (Å²) in [5.41, 5.74) is 2.12. The van der Waals surface area contributed by atoms with Gasteiger partial charge in [0.15, 0.2) is 5.96 Å². The Hall–Kier alpha value is -1.56. The molecule has 1 aromatic heterocycles. The molecule has 1 saturated heterocycles. The Balaban J connectivity index is 1.71. The van der Waals surface area contributed by atoms with Crippen LogP contribution in [0.5, 0.6) is 0 Å². The zero-order valence-corrected chi connectivity index (χ0v) is 14.8. The minimum atomic E-state index is 0.139. The topological polar surface area (TPSA) is 71.7 Å². The molecule has 2 fully saturated rings. The van der Waals surface area contributed by atoms with E-state index in [2.05, 4.69) is 36.6 Å². The van der Waals surface area contributed by atoms with Gasteiger partial charge in [0.25, 0.3) is 0 Å². The Kier molecular flexibility index (Phi) is 4.36. The van der Waals surface area contributed by atoms with E-state index in [4.69, 9.17) is 14.3 Å². The van der Waals surface area contributed by atoms with Crippen LogP contribution >= 0.6 is 0 Å². The molecule has 1 aliphatic carbocycles. The fourth-order valence-corrected chi connectivity index (χ4v) is 3.97. The standard InChI is InChI=1S/C17H28N4O2/c1-6-18-16(19-9-13-10(2)21-23-11(13)3)20-14-12-7-8-22-15(12)17(14,4)5/h12,14-15H,6-9H2,1-5H3,(H2,18,19,20). The van der Waals surface area contributed by atoms with E-state index in [0.29, 0.717) is 24.6 Å². The van der Waals surface area contributed by atoms with Crippen molar-refractivity contribution in [2.24, 2.45) is 16.3 Å². The van der Waals surface area contributed by atoms with E-state index >= 15 is 0 Å². The summed E-state index contributed by atoms with van der Waals surface area (Å²) in [5, 5.41) is 11.0. The van der Waals surface area contributed by atoms with Crippen molar-refractivity contribution in [3.05, 3.63) is 17.0 Å². The predicted octanol–water partition coefficient (Wildman–Crippen LogP) is 2.16. The second-order valence-corrected chi connectivity index (χ2v) is 7.19. The van der Waals surface area contributed by atoms with Crippen LogP contribution in [0.3, 0.4) is 0 Å². The molecule has 23 heavy (non-hydrogen) atoms. The molecule has 0 aromatic carbocycles. The molecule has 6 nitrogen and oxygen atoms in total. The number of aromatic nitrogens is 1. The normalized spacial score (nSPS) is 29.1. The van der Waals surface area contributed by atoms with Gasteiger partial charge in [-0.1, -0.05) is 19.0 Å². The van der Waals surface area contributed by atoms with Crippen molar-refractivity contribution < 1.29 is 9.26 Å². The number of aryl methyl sites for hydroxylation is 2. The Bertz CT molecular complexity index is 574. The molecule has 0 spiro atoms. The summed E-state index contributed by atoms with van der Waals surface area (Å²) in [6, 6.07) is 0.400. The van der Waals surface area contributed by atoms with E-state index < -0.39 is 0 Å². The smallest absolute Gasteiger partial charge is 0.191 e. The number of ether oxygens (including phenoxy) is 1. The van der Waals surface area contributed by atoms with Gasteiger partial charge in [0.2, 0.25) is 0 Å². The Labute approximate surface area is 138 Å². The highest BCUT2D eigenvalue weighted by molar-refractivity contribution is 5.80. The van der Waals surface area contributed by atoms with Crippen molar-refractivity contribution in [3.8, 4) is 0 Å². The molecule has 0 amide bonds. The molecule has 2 heterocycles. The fourth-order valence-electron chi connectivity index (χ4n) is 3.97. The highest BCUT2D eigenvalue weighted by atomic mass is 16.5.